The van der Waals surface area contributed by atoms with Crippen LogP contribution in [-0.2, 0) is 14.3 Å². The summed E-state index contributed by atoms with van der Waals surface area (Å²) in [5, 5.41) is 12.1. The van der Waals surface area contributed by atoms with Crippen molar-refractivity contribution in [2.75, 3.05) is 7.11 Å². The molecule has 0 aromatic rings. The summed E-state index contributed by atoms with van der Waals surface area (Å²) in [6, 6.07) is 1.76. The lowest BCUT2D eigenvalue weighted by Gasteiger charge is -2.39. The number of fused-ring (bicyclic) bond motifs is 1. The summed E-state index contributed by atoms with van der Waals surface area (Å²) >= 11 is 0. The van der Waals surface area contributed by atoms with Crippen molar-refractivity contribution in [3.05, 3.63) is 0 Å². The summed E-state index contributed by atoms with van der Waals surface area (Å²) in [5.41, 5.74) is 0. The third-order valence-electron chi connectivity index (χ3n) is 3.75. The van der Waals surface area contributed by atoms with Gasteiger partial charge in [-0.2, -0.15) is 5.26 Å². The minimum absolute atomic E-state index is 0.0170. The molecule has 0 bridgehead atoms. The van der Waals surface area contributed by atoms with Crippen molar-refractivity contribution in [2.24, 2.45) is 11.8 Å². The Kier molecular flexibility index (Phi) is 3.43. The second-order valence-corrected chi connectivity index (χ2v) is 4.76. The minimum Gasteiger partial charge on any atom is -0.468 e. The van der Waals surface area contributed by atoms with Gasteiger partial charge in [-0.1, -0.05) is 0 Å². The van der Waals surface area contributed by atoms with E-state index in [0.29, 0.717) is 6.42 Å². The average Bonchev–Trinajstić information content (AvgIpc) is 2.37. The van der Waals surface area contributed by atoms with Gasteiger partial charge in [-0.3, -0.25) is 9.59 Å². The summed E-state index contributed by atoms with van der Waals surface area (Å²) in [7, 11) is 1.33. The quantitative estimate of drug-likeness (QED) is 0.667. The fourth-order valence-corrected chi connectivity index (χ4v) is 2.81. The van der Waals surface area contributed by atoms with Gasteiger partial charge in [0.2, 0.25) is 0 Å². The normalized spacial score (nSPS) is 36.8. The first-order chi connectivity index (χ1) is 8.15. The standard InChI is InChI=1S/C12H16N2O3/c1-17-12(16)10-5-11(15)8-4-7(6-13)2-3-9(8)14-10/h7-10,14H,2-5H2,1H3. The number of nitriles is 1. The van der Waals surface area contributed by atoms with Crippen LogP contribution in [0.2, 0.25) is 0 Å². The zero-order chi connectivity index (χ0) is 12.4. The van der Waals surface area contributed by atoms with E-state index in [1.165, 1.54) is 7.11 Å². The van der Waals surface area contributed by atoms with Crippen LogP contribution in [0.3, 0.4) is 0 Å². The van der Waals surface area contributed by atoms with Crippen LogP contribution < -0.4 is 5.32 Å². The molecule has 0 aromatic carbocycles. The monoisotopic (exact) mass is 236 g/mol. The smallest absolute Gasteiger partial charge is 0.323 e. The van der Waals surface area contributed by atoms with Gasteiger partial charge in [0.25, 0.3) is 0 Å². The zero-order valence-electron chi connectivity index (χ0n) is 9.81. The van der Waals surface area contributed by atoms with Crippen LogP contribution >= 0.6 is 0 Å². The van der Waals surface area contributed by atoms with E-state index in [1.54, 1.807) is 0 Å². The first kappa shape index (κ1) is 12.1. The molecule has 4 atom stereocenters. The first-order valence-electron chi connectivity index (χ1n) is 5.92. The molecule has 1 N–H and O–H groups in total. The summed E-state index contributed by atoms with van der Waals surface area (Å²) < 4.78 is 4.65. The summed E-state index contributed by atoms with van der Waals surface area (Å²) in [6.07, 6.45) is 2.39. The highest BCUT2D eigenvalue weighted by Crippen LogP contribution is 2.33. The third kappa shape index (κ3) is 2.32. The first-order valence-corrected chi connectivity index (χ1v) is 5.92. The number of esters is 1. The van der Waals surface area contributed by atoms with Crippen LogP contribution in [0, 0.1) is 23.2 Å². The van der Waals surface area contributed by atoms with Crippen LogP contribution in [0.4, 0.5) is 0 Å². The van der Waals surface area contributed by atoms with E-state index in [1.807, 2.05) is 0 Å². The van der Waals surface area contributed by atoms with Gasteiger partial charge in [0, 0.05) is 24.3 Å². The highest BCUT2D eigenvalue weighted by atomic mass is 16.5. The molecule has 2 aliphatic rings. The molecule has 0 aromatic heterocycles. The number of hydrogen-bond donors (Lipinski definition) is 1. The predicted octanol–water partition coefficient (Wildman–Crippen LogP) is 0.399. The van der Waals surface area contributed by atoms with Crippen LogP contribution in [0.1, 0.15) is 25.7 Å². The molecule has 1 saturated carbocycles. The fourth-order valence-electron chi connectivity index (χ4n) is 2.81. The lowest BCUT2D eigenvalue weighted by molar-refractivity contribution is -0.148. The number of carbonyl (C=O) groups excluding carboxylic acids is 2. The summed E-state index contributed by atoms with van der Waals surface area (Å²) in [4.78, 5) is 23.4. The molecule has 92 valence electrons. The molecule has 1 saturated heterocycles. The van der Waals surface area contributed by atoms with Gasteiger partial charge in [0.1, 0.15) is 11.8 Å². The number of Topliss-reactive ketones (excluding diaryl/α,β-unsaturated/α-hetero) is 1. The number of carbonyl (C=O) groups is 2. The van der Waals surface area contributed by atoms with Crippen molar-refractivity contribution < 1.29 is 14.3 Å². The van der Waals surface area contributed by atoms with Crippen LogP contribution in [0.15, 0.2) is 0 Å². The van der Waals surface area contributed by atoms with Crippen LogP contribution in [-0.4, -0.2) is 30.9 Å². The lowest BCUT2D eigenvalue weighted by atomic mass is 9.73. The van der Waals surface area contributed by atoms with E-state index in [-0.39, 0.29) is 36.1 Å². The van der Waals surface area contributed by atoms with Gasteiger partial charge in [0.15, 0.2) is 0 Å². The van der Waals surface area contributed by atoms with Gasteiger partial charge in [-0.25, -0.2) is 0 Å². The number of hydrogen-bond acceptors (Lipinski definition) is 5. The second-order valence-electron chi connectivity index (χ2n) is 4.76. The minimum atomic E-state index is -0.507. The number of piperidine rings is 1. The Bertz CT molecular complexity index is 374. The maximum absolute atomic E-state index is 12.0. The molecule has 1 aliphatic heterocycles. The van der Waals surface area contributed by atoms with Crippen molar-refractivity contribution in [3.8, 4) is 6.07 Å². The van der Waals surface area contributed by atoms with Gasteiger partial charge in [-0.15, -0.1) is 0 Å². The molecule has 2 fully saturated rings. The highest BCUT2D eigenvalue weighted by molar-refractivity contribution is 5.89. The van der Waals surface area contributed by atoms with Crippen molar-refractivity contribution in [3.63, 3.8) is 0 Å². The van der Waals surface area contributed by atoms with Gasteiger partial charge >= 0.3 is 5.97 Å². The van der Waals surface area contributed by atoms with Crippen LogP contribution in [0.5, 0.6) is 0 Å². The largest absolute Gasteiger partial charge is 0.468 e. The molecule has 0 amide bonds. The Hall–Kier alpha value is -1.41. The second kappa shape index (κ2) is 4.84. The number of rotatable bonds is 1. The molecule has 5 heteroatoms. The molecule has 5 nitrogen and oxygen atoms in total. The summed E-state index contributed by atoms with van der Waals surface area (Å²) in [5.74, 6) is -0.408. The fraction of sp³-hybridized carbons (Fsp3) is 0.750. The topological polar surface area (TPSA) is 79.2 Å². The Morgan fingerprint density at radius 2 is 2.29 bits per heavy atom. The summed E-state index contributed by atoms with van der Waals surface area (Å²) in [6.45, 7) is 0. The molecular weight excluding hydrogens is 220 g/mol. The zero-order valence-corrected chi connectivity index (χ0v) is 9.81. The molecular formula is C12H16N2O3. The van der Waals surface area contributed by atoms with E-state index in [9.17, 15) is 9.59 Å². The van der Waals surface area contributed by atoms with Gasteiger partial charge < -0.3 is 10.1 Å². The van der Waals surface area contributed by atoms with Crippen molar-refractivity contribution >= 4 is 11.8 Å². The Balaban J connectivity index is 2.05. The van der Waals surface area contributed by atoms with Crippen molar-refractivity contribution in [1.82, 2.24) is 5.32 Å². The van der Waals surface area contributed by atoms with E-state index in [4.69, 9.17) is 5.26 Å². The maximum atomic E-state index is 12.0. The molecule has 2 rings (SSSR count). The molecule has 0 spiro atoms. The van der Waals surface area contributed by atoms with E-state index >= 15 is 0 Å². The van der Waals surface area contributed by atoms with Gasteiger partial charge in [0.05, 0.1) is 13.2 Å². The highest BCUT2D eigenvalue weighted by Gasteiger charge is 2.42. The van der Waals surface area contributed by atoms with Gasteiger partial charge in [-0.05, 0) is 19.3 Å². The Labute approximate surface area is 100 Å². The number of ether oxygens (including phenoxy) is 1. The maximum Gasteiger partial charge on any atom is 0.323 e. The third-order valence-corrected chi connectivity index (χ3v) is 3.75. The predicted molar refractivity (Wildman–Crippen MR) is 58.8 cm³/mol. The molecule has 1 heterocycles. The average molecular weight is 236 g/mol. The SMILES string of the molecule is COC(=O)C1CC(=O)C2CC(C#N)CCC2N1. The molecule has 1 aliphatic carbocycles. The van der Waals surface area contributed by atoms with Crippen LogP contribution in [0.25, 0.3) is 0 Å². The lowest BCUT2D eigenvalue weighted by Crippen LogP contribution is -2.56. The Morgan fingerprint density at radius 3 is 2.94 bits per heavy atom. The molecule has 0 radical (unpaired) electrons. The van der Waals surface area contributed by atoms with E-state index in [0.717, 1.165) is 12.8 Å². The number of nitrogens with zero attached hydrogens (tertiary/aromatic N) is 1. The number of nitrogens with one attached hydrogen (secondary N) is 1. The van der Waals surface area contributed by atoms with Crippen molar-refractivity contribution in [1.29, 1.82) is 5.26 Å². The Morgan fingerprint density at radius 1 is 1.53 bits per heavy atom. The van der Waals surface area contributed by atoms with Crippen molar-refractivity contribution in [2.45, 2.75) is 37.8 Å². The number of methoxy groups -OCH3 is 1. The van der Waals surface area contributed by atoms with E-state index < -0.39 is 6.04 Å². The molecule has 17 heavy (non-hydrogen) atoms. The number of ketones is 1. The van der Waals surface area contributed by atoms with E-state index in [2.05, 4.69) is 16.1 Å². The molecule has 4 unspecified atom stereocenters.